The first-order valence-electron chi connectivity index (χ1n) is 6.56. The average Bonchev–Trinajstić information content (AvgIpc) is 2.48. The fourth-order valence-electron chi connectivity index (χ4n) is 1.95. The van der Waals surface area contributed by atoms with Gasteiger partial charge < -0.3 is 14.2 Å². The number of methoxy groups -OCH3 is 1. The number of hydrogen-bond donors (Lipinski definition) is 0. The third kappa shape index (κ3) is 4.29. The number of carbonyl (C=O) groups is 1. The first-order valence-corrected chi connectivity index (χ1v) is 6.56. The van der Waals surface area contributed by atoms with E-state index in [1.54, 1.807) is 6.07 Å². The second-order valence-corrected chi connectivity index (χ2v) is 4.45. The molecule has 0 saturated carbocycles. The minimum Gasteiger partial charge on any atom is -0.465 e. The SMILES string of the molecule is COC(=O)c1ccc(CCOC2CCCCO2)nc1. The van der Waals surface area contributed by atoms with Gasteiger partial charge in [-0.25, -0.2) is 4.79 Å². The van der Waals surface area contributed by atoms with E-state index in [4.69, 9.17) is 9.47 Å². The van der Waals surface area contributed by atoms with Crippen LogP contribution in [0.15, 0.2) is 18.3 Å². The van der Waals surface area contributed by atoms with Crippen LogP contribution in [-0.4, -0.2) is 37.6 Å². The number of rotatable bonds is 5. The van der Waals surface area contributed by atoms with Crippen molar-refractivity contribution in [3.05, 3.63) is 29.6 Å². The molecule has 104 valence electrons. The number of carbonyl (C=O) groups excluding carboxylic acids is 1. The van der Waals surface area contributed by atoms with Crippen molar-refractivity contribution in [3.8, 4) is 0 Å². The van der Waals surface area contributed by atoms with Crippen molar-refractivity contribution in [2.45, 2.75) is 32.0 Å². The summed E-state index contributed by atoms with van der Waals surface area (Å²) in [7, 11) is 1.36. The maximum absolute atomic E-state index is 11.2. The highest BCUT2D eigenvalue weighted by Gasteiger charge is 2.13. The van der Waals surface area contributed by atoms with E-state index in [1.807, 2.05) is 6.07 Å². The molecule has 0 spiro atoms. The number of nitrogens with zero attached hydrogens (tertiary/aromatic N) is 1. The monoisotopic (exact) mass is 265 g/mol. The van der Waals surface area contributed by atoms with Crippen LogP contribution < -0.4 is 0 Å². The summed E-state index contributed by atoms with van der Waals surface area (Å²) in [6.07, 6.45) is 5.42. The molecule has 0 N–H and O–H groups in total. The molecular weight excluding hydrogens is 246 g/mol. The molecule has 1 atom stereocenters. The van der Waals surface area contributed by atoms with Crippen LogP contribution in [0.3, 0.4) is 0 Å². The Morgan fingerprint density at radius 2 is 2.37 bits per heavy atom. The number of hydrogen-bond acceptors (Lipinski definition) is 5. The molecule has 19 heavy (non-hydrogen) atoms. The van der Waals surface area contributed by atoms with E-state index >= 15 is 0 Å². The number of ether oxygens (including phenoxy) is 3. The molecule has 0 aromatic carbocycles. The van der Waals surface area contributed by atoms with Crippen LogP contribution in [0.5, 0.6) is 0 Å². The van der Waals surface area contributed by atoms with Gasteiger partial charge in [0.25, 0.3) is 0 Å². The molecule has 1 aliphatic heterocycles. The van der Waals surface area contributed by atoms with Crippen LogP contribution in [0.1, 0.15) is 35.3 Å². The summed E-state index contributed by atoms with van der Waals surface area (Å²) in [5.74, 6) is -0.370. The van der Waals surface area contributed by atoms with E-state index in [0.717, 1.165) is 31.6 Å². The predicted molar refractivity (Wildman–Crippen MR) is 68.8 cm³/mol. The summed E-state index contributed by atoms with van der Waals surface area (Å²) >= 11 is 0. The summed E-state index contributed by atoms with van der Waals surface area (Å²) in [5.41, 5.74) is 1.35. The van der Waals surface area contributed by atoms with Gasteiger partial charge in [-0.05, 0) is 31.4 Å². The van der Waals surface area contributed by atoms with Crippen molar-refractivity contribution in [3.63, 3.8) is 0 Å². The molecule has 1 aromatic rings. The van der Waals surface area contributed by atoms with Gasteiger partial charge in [0, 0.05) is 24.9 Å². The lowest BCUT2D eigenvalue weighted by molar-refractivity contribution is -0.161. The van der Waals surface area contributed by atoms with Crippen molar-refractivity contribution < 1.29 is 19.0 Å². The van der Waals surface area contributed by atoms with Crippen molar-refractivity contribution in [2.24, 2.45) is 0 Å². The number of pyridine rings is 1. The van der Waals surface area contributed by atoms with Crippen LogP contribution >= 0.6 is 0 Å². The zero-order valence-corrected chi connectivity index (χ0v) is 11.1. The van der Waals surface area contributed by atoms with Gasteiger partial charge in [0.15, 0.2) is 6.29 Å². The highest BCUT2D eigenvalue weighted by atomic mass is 16.7. The summed E-state index contributed by atoms with van der Waals surface area (Å²) < 4.78 is 15.7. The standard InChI is InChI=1S/C14H19NO4/c1-17-14(16)11-5-6-12(15-10-11)7-9-19-13-4-2-3-8-18-13/h5-6,10,13H,2-4,7-9H2,1H3. The van der Waals surface area contributed by atoms with Crippen molar-refractivity contribution >= 4 is 5.97 Å². The van der Waals surface area contributed by atoms with Gasteiger partial charge in [0.2, 0.25) is 0 Å². The maximum atomic E-state index is 11.2. The van der Waals surface area contributed by atoms with Crippen LogP contribution in [0.2, 0.25) is 0 Å². The van der Waals surface area contributed by atoms with Gasteiger partial charge in [0.1, 0.15) is 0 Å². The Hall–Kier alpha value is -1.46. The molecule has 5 heteroatoms. The smallest absolute Gasteiger partial charge is 0.339 e. The molecule has 0 bridgehead atoms. The molecule has 5 nitrogen and oxygen atoms in total. The average molecular weight is 265 g/mol. The molecular formula is C14H19NO4. The Morgan fingerprint density at radius 1 is 1.47 bits per heavy atom. The molecule has 1 saturated heterocycles. The minimum atomic E-state index is -0.370. The van der Waals surface area contributed by atoms with Crippen LogP contribution in [-0.2, 0) is 20.6 Å². The quantitative estimate of drug-likeness (QED) is 0.762. The minimum absolute atomic E-state index is 0.0666. The van der Waals surface area contributed by atoms with E-state index in [1.165, 1.54) is 13.3 Å². The normalized spacial score (nSPS) is 19.1. The summed E-state index contributed by atoms with van der Waals surface area (Å²) in [6.45, 7) is 1.37. The second-order valence-electron chi connectivity index (χ2n) is 4.45. The van der Waals surface area contributed by atoms with Gasteiger partial charge in [-0.3, -0.25) is 4.98 Å². The highest BCUT2D eigenvalue weighted by molar-refractivity contribution is 5.88. The lowest BCUT2D eigenvalue weighted by Gasteiger charge is -2.22. The van der Waals surface area contributed by atoms with Crippen molar-refractivity contribution in [2.75, 3.05) is 20.3 Å². The van der Waals surface area contributed by atoms with Crippen molar-refractivity contribution in [1.82, 2.24) is 4.98 Å². The lowest BCUT2D eigenvalue weighted by Crippen LogP contribution is -2.23. The Morgan fingerprint density at radius 3 is 3.00 bits per heavy atom. The zero-order valence-electron chi connectivity index (χ0n) is 11.1. The fourth-order valence-corrected chi connectivity index (χ4v) is 1.95. The third-order valence-electron chi connectivity index (χ3n) is 3.05. The van der Waals surface area contributed by atoms with E-state index in [2.05, 4.69) is 9.72 Å². The first kappa shape index (κ1) is 14.0. The topological polar surface area (TPSA) is 57.7 Å². The van der Waals surface area contributed by atoms with Crippen LogP contribution in [0, 0.1) is 0 Å². The molecule has 2 rings (SSSR count). The summed E-state index contributed by atoms with van der Waals surface area (Å²) in [4.78, 5) is 15.5. The van der Waals surface area contributed by atoms with Gasteiger partial charge in [-0.15, -0.1) is 0 Å². The van der Waals surface area contributed by atoms with Gasteiger partial charge in [0.05, 0.1) is 19.3 Å². The Balaban J connectivity index is 1.75. The Kier molecular flexibility index (Phi) is 5.30. The lowest BCUT2D eigenvalue weighted by atomic mass is 10.2. The van der Waals surface area contributed by atoms with Crippen molar-refractivity contribution in [1.29, 1.82) is 0 Å². The van der Waals surface area contributed by atoms with E-state index in [-0.39, 0.29) is 12.3 Å². The third-order valence-corrected chi connectivity index (χ3v) is 3.05. The second kappa shape index (κ2) is 7.21. The van der Waals surface area contributed by atoms with E-state index in [0.29, 0.717) is 18.6 Å². The molecule has 0 radical (unpaired) electrons. The molecule has 0 amide bonds. The zero-order chi connectivity index (χ0) is 13.5. The van der Waals surface area contributed by atoms with Gasteiger partial charge >= 0.3 is 5.97 Å². The molecule has 1 aliphatic rings. The van der Waals surface area contributed by atoms with Crippen LogP contribution in [0.4, 0.5) is 0 Å². The molecule has 0 aliphatic carbocycles. The number of aromatic nitrogens is 1. The molecule has 1 unspecified atom stereocenters. The maximum Gasteiger partial charge on any atom is 0.339 e. The van der Waals surface area contributed by atoms with E-state index in [9.17, 15) is 4.79 Å². The Labute approximate surface area is 112 Å². The van der Waals surface area contributed by atoms with Gasteiger partial charge in [-0.2, -0.15) is 0 Å². The molecule has 2 heterocycles. The largest absolute Gasteiger partial charge is 0.465 e. The summed E-state index contributed by atoms with van der Waals surface area (Å²) in [5, 5.41) is 0. The molecule has 1 fully saturated rings. The van der Waals surface area contributed by atoms with Gasteiger partial charge in [-0.1, -0.05) is 0 Å². The predicted octanol–water partition coefficient (Wildman–Crippen LogP) is 1.95. The highest BCUT2D eigenvalue weighted by Crippen LogP contribution is 2.14. The summed E-state index contributed by atoms with van der Waals surface area (Å²) in [6, 6.07) is 3.53. The fraction of sp³-hybridized carbons (Fsp3) is 0.571. The number of esters is 1. The van der Waals surface area contributed by atoms with E-state index < -0.39 is 0 Å². The first-order chi connectivity index (χ1) is 9.29. The molecule has 1 aromatic heterocycles. The van der Waals surface area contributed by atoms with Crippen LogP contribution in [0.25, 0.3) is 0 Å². The Bertz CT molecular complexity index is 398.